The second kappa shape index (κ2) is 8.19. The predicted octanol–water partition coefficient (Wildman–Crippen LogP) is 5.12. The highest BCUT2D eigenvalue weighted by atomic mass is 35.6. The molecule has 0 amide bonds. The van der Waals surface area contributed by atoms with E-state index in [1.165, 1.54) is 0 Å². The Morgan fingerprint density at radius 1 is 0.852 bits per heavy atom. The monoisotopic (exact) mass is 422 g/mol. The van der Waals surface area contributed by atoms with Gasteiger partial charge in [-0.2, -0.15) is 0 Å². The highest BCUT2D eigenvalue weighted by Gasteiger charge is 2.27. The molecule has 0 fully saturated rings. The number of nitrogens with zero attached hydrogens (tertiary/aromatic N) is 4. The van der Waals surface area contributed by atoms with Crippen molar-refractivity contribution < 1.29 is 0 Å². The molecule has 0 bridgehead atoms. The van der Waals surface area contributed by atoms with Crippen molar-refractivity contribution in [1.82, 2.24) is 14.9 Å². The Balaban J connectivity index is 2.06. The molecule has 3 aromatic rings. The van der Waals surface area contributed by atoms with E-state index in [2.05, 4.69) is 28.1 Å². The Labute approximate surface area is 174 Å². The van der Waals surface area contributed by atoms with Gasteiger partial charge in [0.25, 0.3) is 0 Å². The summed E-state index contributed by atoms with van der Waals surface area (Å²) in [7, 11) is 6.03. The zero-order chi connectivity index (χ0) is 19.6. The fourth-order valence-electron chi connectivity index (χ4n) is 2.70. The molecular formula is C20H21Cl3N4. The van der Waals surface area contributed by atoms with Crippen LogP contribution in [0.5, 0.6) is 0 Å². The molecule has 0 aliphatic carbocycles. The third-order valence-electron chi connectivity index (χ3n) is 4.28. The number of rotatable bonds is 5. The quantitative estimate of drug-likeness (QED) is 0.533. The molecule has 0 atom stereocenters. The molecule has 0 spiro atoms. The van der Waals surface area contributed by atoms with E-state index in [1.807, 2.05) is 50.3 Å². The SMILES string of the molecule is CN(C)CCN(C)c1cc(C(Cl)(Cl)Cl)nc(-c2ccc3ccccc3c2)n1. The largest absolute Gasteiger partial charge is 0.358 e. The van der Waals surface area contributed by atoms with Gasteiger partial charge in [-0.15, -0.1) is 0 Å². The first-order valence-electron chi connectivity index (χ1n) is 8.55. The van der Waals surface area contributed by atoms with Gasteiger partial charge in [-0.3, -0.25) is 0 Å². The van der Waals surface area contributed by atoms with Gasteiger partial charge in [0.15, 0.2) is 5.82 Å². The van der Waals surface area contributed by atoms with E-state index in [-0.39, 0.29) is 0 Å². The molecule has 1 aromatic heterocycles. The molecule has 0 unspecified atom stereocenters. The number of fused-ring (bicyclic) bond motifs is 1. The van der Waals surface area contributed by atoms with Crippen LogP contribution in [0.1, 0.15) is 5.69 Å². The van der Waals surface area contributed by atoms with E-state index in [4.69, 9.17) is 39.8 Å². The summed E-state index contributed by atoms with van der Waals surface area (Å²) in [5.74, 6) is 1.26. The van der Waals surface area contributed by atoms with Crippen LogP contribution in [-0.4, -0.2) is 49.1 Å². The molecule has 0 aliphatic rings. The van der Waals surface area contributed by atoms with Crippen LogP contribution in [0.15, 0.2) is 48.5 Å². The van der Waals surface area contributed by atoms with E-state index >= 15 is 0 Å². The van der Waals surface area contributed by atoms with Crippen LogP contribution in [0.4, 0.5) is 5.82 Å². The van der Waals surface area contributed by atoms with E-state index < -0.39 is 3.79 Å². The van der Waals surface area contributed by atoms with Crippen molar-refractivity contribution in [2.75, 3.05) is 39.1 Å². The number of hydrogen-bond donors (Lipinski definition) is 0. The van der Waals surface area contributed by atoms with Crippen LogP contribution >= 0.6 is 34.8 Å². The summed E-state index contributed by atoms with van der Waals surface area (Å²) in [6.07, 6.45) is 0. The van der Waals surface area contributed by atoms with Gasteiger partial charge in [0.1, 0.15) is 5.82 Å². The molecule has 7 heteroatoms. The third-order valence-corrected chi connectivity index (χ3v) is 4.87. The average molecular weight is 424 g/mol. The predicted molar refractivity (Wildman–Crippen MR) is 116 cm³/mol. The third kappa shape index (κ3) is 5.02. The Kier molecular flexibility index (Phi) is 6.11. The molecule has 0 saturated heterocycles. The first-order chi connectivity index (χ1) is 12.7. The van der Waals surface area contributed by atoms with Crippen molar-refractivity contribution in [2.24, 2.45) is 0 Å². The lowest BCUT2D eigenvalue weighted by Gasteiger charge is -2.22. The first kappa shape index (κ1) is 20.2. The molecule has 0 radical (unpaired) electrons. The van der Waals surface area contributed by atoms with Crippen molar-refractivity contribution >= 4 is 51.4 Å². The summed E-state index contributed by atoms with van der Waals surface area (Å²) in [6, 6.07) is 16.0. The van der Waals surface area contributed by atoms with Crippen LogP contribution < -0.4 is 4.90 Å². The van der Waals surface area contributed by atoms with E-state index in [0.717, 1.165) is 35.2 Å². The maximum atomic E-state index is 6.13. The maximum Gasteiger partial charge on any atom is 0.232 e. The summed E-state index contributed by atoms with van der Waals surface area (Å²) in [4.78, 5) is 13.4. The van der Waals surface area contributed by atoms with Gasteiger partial charge in [-0.1, -0.05) is 71.2 Å². The molecule has 27 heavy (non-hydrogen) atoms. The second-order valence-electron chi connectivity index (χ2n) is 6.72. The van der Waals surface area contributed by atoms with Gasteiger partial charge in [-0.25, -0.2) is 9.97 Å². The number of anilines is 1. The van der Waals surface area contributed by atoms with Crippen LogP contribution in [-0.2, 0) is 3.79 Å². The number of hydrogen-bond acceptors (Lipinski definition) is 4. The van der Waals surface area contributed by atoms with Gasteiger partial charge in [0.05, 0.1) is 5.69 Å². The molecule has 4 nitrogen and oxygen atoms in total. The van der Waals surface area contributed by atoms with E-state index in [0.29, 0.717) is 11.5 Å². The van der Waals surface area contributed by atoms with Crippen molar-refractivity contribution in [3.8, 4) is 11.4 Å². The minimum Gasteiger partial charge on any atom is -0.358 e. The molecule has 2 aromatic carbocycles. The topological polar surface area (TPSA) is 32.3 Å². The summed E-state index contributed by atoms with van der Waals surface area (Å²) in [5, 5.41) is 2.27. The highest BCUT2D eigenvalue weighted by Crippen LogP contribution is 2.39. The zero-order valence-electron chi connectivity index (χ0n) is 15.5. The summed E-state index contributed by atoms with van der Waals surface area (Å²) < 4.78 is -1.62. The molecule has 1 heterocycles. The van der Waals surface area contributed by atoms with Gasteiger partial charge in [0.2, 0.25) is 3.79 Å². The Morgan fingerprint density at radius 3 is 2.22 bits per heavy atom. The van der Waals surface area contributed by atoms with E-state index in [9.17, 15) is 0 Å². The maximum absolute atomic E-state index is 6.13. The summed E-state index contributed by atoms with van der Waals surface area (Å²) >= 11 is 18.4. The van der Waals surface area contributed by atoms with Gasteiger partial charge in [0, 0.05) is 31.8 Å². The Hall–Kier alpha value is -1.59. The fourth-order valence-corrected chi connectivity index (χ4v) is 2.99. The number of alkyl halides is 3. The van der Waals surface area contributed by atoms with Crippen molar-refractivity contribution in [1.29, 1.82) is 0 Å². The standard InChI is InChI=1S/C20H21Cl3N4/c1-26(2)10-11-27(3)18-13-17(20(21,22)23)24-19(25-18)16-9-8-14-6-4-5-7-15(14)12-16/h4-9,12-13H,10-11H2,1-3H3. The molecule has 0 saturated carbocycles. The van der Waals surface area contributed by atoms with Gasteiger partial charge < -0.3 is 9.80 Å². The lowest BCUT2D eigenvalue weighted by Crippen LogP contribution is -2.29. The average Bonchev–Trinajstić information content (AvgIpc) is 2.64. The molecular weight excluding hydrogens is 403 g/mol. The second-order valence-corrected chi connectivity index (χ2v) is 9.00. The Bertz CT molecular complexity index is 938. The van der Waals surface area contributed by atoms with Crippen LogP contribution in [0.2, 0.25) is 0 Å². The number of aromatic nitrogens is 2. The number of halogens is 3. The fraction of sp³-hybridized carbons (Fsp3) is 0.300. The lowest BCUT2D eigenvalue weighted by atomic mass is 10.1. The molecule has 142 valence electrons. The number of benzene rings is 2. The first-order valence-corrected chi connectivity index (χ1v) is 9.69. The smallest absolute Gasteiger partial charge is 0.232 e. The van der Waals surface area contributed by atoms with Crippen molar-refractivity contribution in [3.63, 3.8) is 0 Å². The Morgan fingerprint density at radius 2 is 1.56 bits per heavy atom. The minimum atomic E-state index is -1.62. The van der Waals surface area contributed by atoms with Crippen LogP contribution in [0, 0.1) is 0 Å². The van der Waals surface area contributed by atoms with Crippen LogP contribution in [0.3, 0.4) is 0 Å². The van der Waals surface area contributed by atoms with Crippen molar-refractivity contribution in [2.45, 2.75) is 3.79 Å². The zero-order valence-corrected chi connectivity index (χ0v) is 17.7. The minimum absolute atomic E-state index is 0.359. The molecule has 0 N–H and O–H groups in total. The lowest BCUT2D eigenvalue weighted by molar-refractivity contribution is 0.416. The van der Waals surface area contributed by atoms with Gasteiger partial charge in [-0.05, 0) is 30.9 Å². The number of likely N-dealkylation sites (N-methyl/N-ethyl adjacent to an activating group) is 2. The summed E-state index contributed by atoms with van der Waals surface area (Å²) in [5.41, 5.74) is 1.24. The highest BCUT2D eigenvalue weighted by molar-refractivity contribution is 6.66. The molecule has 3 rings (SSSR count). The van der Waals surface area contributed by atoms with E-state index in [1.54, 1.807) is 6.07 Å². The summed E-state index contributed by atoms with van der Waals surface area (Å²) in [6.45, 7) is 1.68. The van der Waals surface area contributed by atoms with Crippen molar-refractivity contribution in [3.05, 3.63) is 54.2 Å². The molecule has 0 aliphatic heterocycles. The van der Waals surface area contributed by atoms with Crippen LogP contribution in [0.25, 0.3) is 22.2 Å². The van der Waals surface area contributed by atoms with Gasteiger partial charge >= 0.3 is 0 Å². The normalized spacial score (nSPS) is 12.0.